The molecule has 7 nitrogen and oxygen atoms in total. The largest absolute Gasteiger partial charge is 0.480 e. The van der Waals surface area contributed by atoms with Crippen molar-refractivity contribution in [2.24, 2.45) is 11.7 Å². The van der Waals surface area contributed by atoms with Crippen LogP contribution in [0.15, 0.2) is 0 Å². The minimum atomic E-state index is -1.18. The van der Waals surface area contributed by atoms with Crippen LogP contribution in [0.3, 0.4) is 0 Å². The molecule has 20 heavy (non-hydrogen) atoms. The van der Waals surface area contributed by atoms with E-state index in [1.165, 1.54) is 0 Å². The average molecular weight is 328 g/mol. The molecule has 0 radical (unpaired) electrons. The molecule has 9 heteroatoms. The van der Waals surface area contributed by atoms with E-state index in [0.29, 0.717) is 6.42 Å². The van der Waals surface area contributed by atoms with Crippen LogP contribution in [-0.4, -0.2) is 40.1 Å². The van der Waals surface area contributed by atoms with Gasteiger partial charge in [0.2, 0.25) is 5.91 Å². The fourth-order valence-corrected chi connectivity index (χ4v) is 1.37. The number of carbonyl (C=O) groups is 3. The maximum Gasteiger partial charge on any atom is 0.326 e. The van der Waals surface area contributed by atoms with Gasteiger partial charge < -0.3 is 21.3 Å². The molecule has 0 saturated heterocycles. The van der Waals surface area contributed by atoms with Gasteiger partial charge in [0.25, 0.3) is 0 Å². The van der Waals surface area contributed by atoms with Gasteiger partial charge in [0, 0.05) is 6.42 Å². The van der Waals surface area contributed by atoms with Crippen molar-refractivity contribution in [2.45, 2.75) is 45.2 Å². The quantitative estimate of drug-likeness (QED) is 0.497. The summed E-state index contributed by atoms with van der Waals surface area (Å²) in [5.41, 5.74) is 5.24. The monoisotopic (exact) mass is 328 g/mol. The fourth-order valence-electron chi connectivity index (χ4n) is 1.37. The number of nitrogens with two attached hydrogens (primary N) is 1. The van der Waals surface area contributed by atoms with Crippen LogP contribution >= 0.6 is 27.0 Å². The lowest BCUT2D eigenvalue weighted by atomic mass is 10.0. The average Bonchev–Trinajstić information content (AvgIpc) is 2.23. The Morgan fingerprint density at radius 2 is 1.60 bits per heavy atom. The number of carboxylic acids is 2. The van der Waals surface area contributed by atoms with E-state index in [1.807, 2.05) is 13.8 Å². The van der Waals surface area contributed by atoms with Crippen molar-refractivity contribution in [2.75, 3.05) is 0 Å². The number of carbonyl (C=O) groups excluding carboxylic acids is 1. The lowest BCUT2D eigenvalue weighted by Gasteiger charge is -2.16. The van der Waals surface area contributed by atoms with Crippen LogP contribution in [0.25, 0.3) is 0 Å². The number of amides is 1. The lowest BCUT2D eigenvalue weighted by molar-refractivity contribution is -0.142. The number of hydrogen-bond acceptors (Lipinski definition) is 4. The second kappa shape index (κ2) is 11.9. The van der Waals surface area contributed by atoms with Crippen molar-refractivity contribution in [1.29, 1.82) is 0 Å². The smallest absolute Gasteiger partial charge is 0.326 e. The Balaban J connectivity index is -0.00000144. The first kappa shape index (κ1) is 24.1. The minimum absolute atomic E-state index is 0. The molecule has 0 aliphatic heterocycles. The Kier molecular flexibility index (Phi) is 14.3. The Labute approximate surface area is 132 Å². The summed E-state index contributed by atoms with van der Waals surface area (Å²) in [7, 11) is 0. The van der Waals surface area contributed by atoms with Gasteiger partial charge in [0.1, 0.15) is 12.1 Å². The van der Waals surface area contributed by atoms with Gasteiger partial charge in [-0.25, -0.2) is 4.79 Å². The van der Waals surface area contributed by atoms with Gasteiger partial charge in [-0.05, 0) is 18.8 Å². The van der Waals surface area contributed by atoms with Crippen molar-refractivity contribution in [3.05, 3.63) is 0 Å². The molecule has 120 valence electrons. The van der Waals surface area contributed by atoms with Crippen LogP contribution in [0.1, 0.15) is 33.1 Å². The van der Waals surface area contributed by atoms with E-state index in [2.05, 4.69) is 5.32 Å². The maximum atomic E-state index is 11.4. The predicted molar refractivity (Wildman–Crippen MR) is 84.6 cm³/mol. The topological polar surface area (TPSA) is 130 Å². The molecule has 0 heterocycles. The highest BCUT2D eigenvalue weighted by atomic mass is 32.1. The number of nitrogens with one attached hydrogen (secondary N) is 1. The van der Waals surface area contributed by atoms with Gasteiger partial charge >= 0.3 is 11.9 Å². The SMILES string of the molecule is CC(C)C[C@H](NC(=O)CC[C@H](N)C(=O)O)C(=O)O.S.S. The molecule has 0 unspecified atom stereocenters. The molecule has 1 amide bonds. The summed E-state index contributed by atoms with van der Waals surface area (Å²) < 4.78 is 0. The molecule has 0 aromatic carbocycles. The summed E-state index contributed by atoms with van der Waals surface area (Å²) in [6.07, 6.45) is 0.205. The lowest BCUT2D eigenvalue weighted by Crippen LogP contribution is -2.42. The Bertz CT molecular complexity index is 326. The molecule has 5 N–H and O–H groups in total. The Hall–Kier alpha value is -0.930. The summed E-state index contributed by atoms with van der Waals surface area (Å²) >= 11 is 0. The molecule has 0 aromatic rings. The highest BCUT2D eigenvalue weighted by Crippen LogP contribution is 2.05. The molecule has 0 fully saturated rings. The van der Waals surface area contributed by atoms with E-state index in [1.54, 1.807) is 0 Å². The van der Waals surface area contributed by atoms with Crippen molar-refractivity contribution in [3.63, 3.8) is 0 Å². The third-order valence-electron chi connectivity index (χ3n) is 2.34. The molecular formula is C11H24N2O5S2. The highest BCUT2D eigenvalue weighted by Gasteiger charge is 2.21. The first-order valence-electron chi connectivity index (χ1n) is 5.74. The molecule has 2 atom stereocenters. The summed E-state index contributed by atoms with van der Waals surface area (Å²) in [5, 5.41) is 19.8. The number of rotatable bonds is 8. The van der Waals surface area contributed by atoms with E-state index in [9.17, 15) is 14.4 Å². The van der Waals surface area contributed by atoms with E-state index >= 15 is 0 Å². The van der Waals surface area contributed by atoms with Crippen molar-refractivity contribution in [3.8, 4) is 0 Å². The summed E-state index contributed by atoms with van der Waals surface area (Å²) in [5.74, 6) is -2.65. The second-order valence-corrected chi connectivity index (χ2v) is 4.57. The zero-order valence-electron chi connectivity index (χ0n) is 11.5. The molecular weight excluding hydrogens is 304 g/mol. The van der Waals surface area contributed by atoms with Gasteiger partial charge in [0.15, 0.2) is 0 Å². The van der Waals surface area contributed by atoms with E-state index in [0.717, 1.165) is 0 Å². The van der Waals surface area contributed by atoms with Crippen molar-refractivity contribution < 1.29 is 24.6 Å². The van der Waals surface area contributed by atoms with Crippen molar-refractivity contribution >= 4 is 44.8 Å². The Morgan fingerprint density at radius 1 is 1.10 bits per heavy atom. The molecule has 0 spiro atoms. The van der Waals surface area contributed by atoms with E-state index in [4.69, 9.17) is 15.9 Å². The van der Waals surface area contributed by atoms with Gasteiger partial charge in [-0.15, -0.1) is 0 Å². The number of hydrogen-bond donors (Lipinski definition) is 4. The first-order chi connectivity index (χ1) is 8.23. The van der Waals surface area contributed by atoms with Crippen LogP contribution < -0.4 is 11.1 Å². The summed E-state index contributed by atoms with van der Waals surface area (Å²) in [6.45, 7) is 3.70. The predicted octanol–water partition coefficient (Wildman–Crippen LogP) is 0.0196. The van der Waals surface area contributed by atoms with Gasteiger partial charge in [-0.2, -0.15) is 27.0 Å². The maximum absolute atomic E-state index is 11.4. The van der Waals surface area contributed by atoms with Gasteiger partial charge in [-0.3, -0.25) is 9.59 Å². The molecule has 0 aliphatic rings. The molecule has 0 aliphatic carbocycles. The third kappa shape index (κ3) is 10.9. The fraction of sp³-hybridized carbons (Fsp3) is 0.727. The second-order valence-electron chi connectivity index (χ2n) is 4.57. The molecule has 0 saturated carbocycles. The molecule has 0 rings (SSSR count). The molecule has 0 bridgehead atoms. The van der Waals surface area contributed by atoms with E-state index < -0.39 is 29.9 Å². The summed E-state index contributed by atoms with van der Waals surface area (Å²) in [6, 6.07) is -2.05. The van der Waals surface area contributed by atoms with Crippen LogP contribution in [0.4, 0.5) is 0 Å². The highest BCUT2D eigenvalue weighted by molar-refractivity contribution is 7.59. The first-order valence-corrected chi connectivity index (χ1v) is 5.74. The van der Waals surface area contributed by atoms with Crippen LogP contribution in [0.5, 0.6) is 0 Å². The zero-order valence-corrected chi connectivity index (χ0v) is 13.5. The zero-order chi connectivity index (χ0) is 14.3. The standard InChI is InChI=1S/C11H20N2O5.2H2S/c1-6(2)5-8(11(17)18)13-9(14)4-3-7(12)10(15)16;;/h6-8H,3-5,12H2,1-2H3,(H,13,14)(H,15,16)(H,17,18);2*1H2/t7-,8-;;/m0../s1. The van der Waals surface area contributed by atoms with E-state index in [-0.39, 0.29) is 45.8 Å². The normalized spacial score (nSPS) is 12.6. The Morgan fingerprint density at radius 3 is 1.95 bits per heavy atom. The molecule has 0 aromatic heterocycles. The van der Waals surface area contributed by atoms with Gasteiger partial charge in [0.05, 0.1) is 0 Å². The number of aliphatic carboxylic acids is 2. The summed E-state index contributed by atoms with van der Waals surface area (Å²) in [4.78, 5) is 32.8. The van der Waals surface area contributed by atoms with Gasteiger partial charge in [-0.1, -0.05) is 13.8 Å². The van der Waals surface area contributed by atoms with Crippen LogP contribution in [0, 0.1) is 5.92 Å². The van der Waals surface area contributed by atoms with Crippen LogP contribution in [-0.2, 0) is 14.4 Å². The number of carboxylic acid groups (broad SMARTS) is 2. The minimum Gasteiger partial charge on any atom is -0.480 e. The van der Waals surface area contributed by atoms with Crippen molar-refractivity contribution in [1.82, 2.24) is 5.32 Å². The van der Waals surface area contributed by atoms with Crippen LogP contribution in [0.2, 0.25) is 0 Å². The third-order valence-corrected chi connectivity index (χ3v) is 2.34.